The first-order valence-electron chi connectivity index (χ1n) is 5.84. The van der Waals surface area contributed by atoms with Crippen molar-refractivity contribution in [3.63, 3.8) is 0 Å². The fourth-order valence-electron chi connectivity index (χ4n) is 1.90. The summed E-state index contributed by atoms with van der Waals surface area (Å²) < 4.78 is 0. The van der Waals surface area contributed by atoms with E-state index in [0.29, 0.717) is 6.04 Å². The molecule has 0 unspecified atom stereocenters. The van der Waals surface area contributed by atoms with E-state index >= 15 is 0 Å². The second kappa shape index (κ2) is 4.85. The standard InChI is InChI=1S/C13H21N3/c1-15(2)12-6-4-11(5-7-12)10-16(3)13-8-14-9-13/h4-7,13-14H,8-10H2,1-3H3. The van der Waals surface area contributed by atoms with Crippen molar-refractivity contribution in [3.8, 4) is 0 Å². The normalized spacial score (nSPS) is 16.2. The summed E-state index contributed by atoms with van der Waals surface area (Å²) in [6, 6.07) is 9.52. The molecule has 16 heavy (non-hydrogen) atoms. The second-order valence-corrected chi connectivity index (χ2v) is 4.79. The van der Waals surface area contributed by atoms with Crippen molar-refractivity contribution in [2.24, 2.45) is 0 Å². The number of nitrogens with zero attached hydrogens (tertiary/aromatic N) is 2. The molecule has 0 bridgehead atoms. The molecule has 3 nitrogen and oxygen atoms in total. The summed E-state index contributed by atoms with van der Waals surface area (Å²) in [5.74, 6) is 0. The quantitative estimate of drug-likeness (QED) is 0.819. The topological polar surface area (TPSA) is 18.5 Å². The van der Waals surface area contributed by atoms with Crippen LogP contribution in [0.25, 0.3) is 0 Å². The lowest BCUT2D eigenvalue weighted by Crippen LogP contribution is -2.55. The molecular formula is C13H21N3. The summed E-state index contributed by atoms with van der Waals surface area (Å²) in [4.78, 5) is 4.55. The van der Waals surface area contributed by atoms with E-state index in [2.05, 4.69) is 60.5 Å². The first kappa shape index (κ1) is 11.4. The third-order valence-electron chi connectivity index (χ3n) is 3.27. The van der Waals surface area contributed by atoms with Crippen LogP contribution in [0.2, 0.25) is 0 Å². The van der Waals surface area contributed by atoms with Crippen LogP contribution >= 0.6 is 0 Å². The van der Waals surface area contributed by atoms with Crippen LogP contribution in [-0.2, 0) is 6.54 Å². The molecule has 0 atom stereocenters. The van der Waals surface area contributed by atoms with Gasteiger partial charge in [0.25, 0.3) is 0 Å². The van der Waals surface area contributed by atoms with Crippen LogP contribution in [0.3, 0.4) is 0 Å². The van der Waals surface area contributed by atoms with Gasteiger partial charge >= 0.3 is 0 Å². The number of anilines is 1. The van der Waals surface area contributed by atoms with Gasteiger partial charge in [0.05, 0.1) is 0 Å². The second-order valence-electron chi connectivity index (χ2n) is 4.79. The number of rotatable bonds is 4. The minimum atomic E-state index is 0.716. The van der Waals surface area contributed by atoms with Crippen LogP contribution in [0.4, 0.5) is 5.69 Å². The van der Waals surface area contributed by atoms with Gasteiger partial charge in [-0.1, -0.05) is 12.1 Å². The summed E-state index contributed by atoms with van der Waals surface area (Å²) in [5.41, 5.74) is 2.65. The Morgan fingerprint density at radius 2 is 1.75 bits per heavy atom. The van der Waals surface area contributed by atoms with E-state index in [0.717, 1.165) is 19.6 Å². The zero-order valence-corrected chi connectivity index (χ0v) is 10.4. The summed E-state index contributed by atoms with van der Waals surface area (Å²) >= 11 is 0. The molecule has 0 aromatic heterocycles. The molecule has 88 valence electrons. The van der Waals surface area contributed by atoms with Crippen LogP contribution in [0.5, 0.6) is 0 Å². The van der Waals surface area contributed by atoms with Crippen molar-refractivity contribution in [3.05, 3.63) is 29.8 Å². The molecule has 1 aromatic rings. The van der Waals surface area contributed by atoms with Gasteiger partial charge in [0.2, 0.25) is 0 Å². The van der Waals surface area contributed by atoms with Crippen LogP contribution in [0, 0.1) is 0 Å². The zero-order chi connectivity index (χ0) is 11.5. The van der Waals surface area contributed by atoms with Crippen molar-refractivity contribution < 1.29 is 0 Å². The maximum Gasteiger partial charge on any atom is 0.0361 e. The lowest BCUT2D eigenvalue weighted by atomic mass is 10.1. The lowest BCUT2D eigenvalue weighted by Gasteiger charge is -2.35. The van der Waals surface area contributed by atoms with Gasteiger partial charge in [-0.3, -0.25) is 4.90 Å². The van der Waals surface area contributed by atoms with Gasteiger partial charge in [0.15, 0.2) is 0 Å². The largest absolute Gasteiger partial charge is 0.378 e. The Labute approximate surface area is 98.0 Å². The van der Waals surface area contributed by atoms with E-state index in [-0.39, 0.29) is 0 Å². The van der Waals surface area contributed by atoms with E-state index in [1.807, 2.05) is 0 Å². The fraction of sp³-hybridized carbons (Fsp3) is 0.538. The van der Waals surface area contributed by atoms with Gasteiger partial charge in [-0.25, -0.2) is 0 Å². The number of benzene rings is 1. The van der Waals surface area contributed by atoms with E-state index in [9.17, 15) is 0 Å². The number of nitrogens with one attached hydrogen (secondary N) is 1. The van der Waals surface area contributed by atoms with Crippen LogP contribution in [-0.4, -0.2) is 45.2 Å². The van der Waals surface area contributed by atoms with Crippen molar-refractivity contribution in [2.75, 3.05) is 39.1 Å². The highest BCUT2D eigenvalue weighted by Crippen LogP contribution is 2.14. The Kier molecular flexibility index (Phi) is 3.46. The molecule has 1 aliphatic rings. The predicted octanol–water partition coefficient (Wildman–Crippen LogP) is 1.16. The van der Waals surface area contributed by atoms with Gasteiger partial charge in [-0.05, 0) is 24.7 Å². The van der Waals surface area contributed by atoms with Crippen molar-refractivity contribution in [2.45, 2.75) is 12.6 Å². The molecule has 1 N–H and O–H groups in total. The molecular weight excluding hydrogens is 198 g/mol. The lowest BCUT2D eigenvalue weighted by molar-refractivity contribution is 0.173. The van der Waals surface area contributed by atoms with Crippen LogP contribution < -0.4 is 10.2 Å². The molecule has 0 spiro atoms. The fourth-order valence-corrected chi connectivity index (χ4v) is 1.90. The molecule has 0 saturated carbocycles. The van der Waals surface area contributed by atoms with E-state index in [4.69, 9.17) is 0 Å². The Morgan fingerprint density at radius 3 is 2.19 bits per heavy atom. The first-order valence-corrected chi connectivity index (χ1v) is 5.84. The zero-order valence-electron chi connectivity index (χ0n) is 10.4. The van der Waals surface area contributed by atoms with Gasteiger partial charge in [-0.15, -0.1) is 0 Å². The first-order chi connectivity index (χ1) is 7.66. The van der Waals surface area contributed by atoms with Crippen molar-refractivity contribution in [1.29, 1.82) is 0 Å². The molecule has 0 radical (unpaired) electrons. The minimum Gasteiger partial charge on any atom is -0.378 e. The molecule has 1 saturated heterocycles. The average molecular weight is 219 g/mol. The minimum absolute atomic E-state index is 0.716. The van der Waals surface area contributed by atoms with Crippen molar-refractivity contribution >= 4 is 5.69 Å². The summed E-state index contributed by atoms with van der Waals surface area (Å²) in [6.07, 6.45) is 0. The number of hydrogen-bond acceptors (Lipinski definition) is 3. The summed E-state index contributed by atoms with van der Waals surface area (Å²) in [5, 5.41) is 3.30. The molecule has 1 aromatic carbocycles. The predicted molar refractivity (Wildman–Crippen MR) is 68.9 cm³/mol. The van der Waals surface area contributed by atoms with Crippen LogP contribution in [0.15, 0.2) is 24.3 Å². The van der Waals surface area contributed by atoms with Gasteiger partial charge in [-0.2, -0.15) is 0 Å². The van der Waals surface area contributed by atoms with E-state index < -0.39 is 0 Å². The Hall–Kier alpha value is -1.06. The summed E-state index contributed by atoms with van der Waals surface area (Å²) in [6.45, 7) is 3.30. The highest BCUT2D eigenvalue weighted by Gasteiger charge is 2.20. The van der Waals surface area contributed by atoms with Crippen LogP contribution in [0.1, 0.15) is 5.56 Å². The third kappa shape index (κ3) is 2.54. The maximum atomic E-state index is 3.30. The third-order valence-corrected chi connectivity index (χ3v) is 3.27. The van der Waals surface area contributed by atoms with Gasteiger partial charge < -0.3 is 10.2 Å². The highest BCUT2D eigenvalue weighted by molar-refractivity contribution is 5.45. The maximum absolute atomic E-state index is 3.30. The van der Waals surface area contributed by atoms with Gasteiger partial charge in [0.1, 0.15) is 0 Å². The Morgan fingerprint density at radius 1 is 1.12 bits per heavy atom. The molecule has 1 aliphatic heterocycles. The van der Waals surface area contributed by atoms with E-state index in [1.54, 1.807) is 0 Å². The SMILES string of the molecule is CN(C)c1ccc(CN(C)C2CNC2)cc1. The molecule has 1 fully saturated rings. The molecule has 0 aliphatic carbocycles. The number of likely N-dealkylation sites (N-methyl/N-ethyl adjacent to an activating group) is 1. The smallest absolute Gasteiger partial charge is 0.0361 e. The average Bonchev–Trinajstić information content (AvgIpc) is 2.15. The van der Waals surface area contributed by atoms with Crippen molar-refractivity contribution in [1.82, 2.24) is 10.2 Å². The highest BCUT2D eigenvalue weighted by atomic mass is 15.2. The molecule has 3 heteroatoms. The molecule has 2 rings (SSSR count). The Bertz CT molecular complexity index is 328. The monoisotopic (exact) mass is 219 g/mol. The Balaban J connectivity index is 1.93. The summed E-state index contributed by atoms with van der Waals surface area (Å²) in [7, 11) is 6.34. The van der Waals surface area contributed by atoms with E-state index in [1.165, 1.54) is 11.3 Å². The van der Waals surface area contributed by atoms with Gasteiger partial charge in [0, 0.05) is 45.5 Å². The number of hydrogen-bond donors (Lipinski definition) is 1. The molecule has 0 amide bonds. The molecule has 1 heterocycles.